The minimum atomic E-state index is 0. The molecule has 1 aromatic carbocycles. The van der Waals surface area contributed by atoms with E-state index in [2.05, 4.69) is 22.4 Å². The van der Waals surface area contributed by atoms with Crippen LogP contribution in [0.5, 0.6) is 0 Å². The maximum atomic E-state index is 12.8. The smallest absolute Gasteiger partial charge is 0.265 e. The average molecular weight is 414 g/mol. The Kier molecular flexibility index (Phi) is 7.89. The standard InChI is InChI=1S/C19H23N3OS.2ClH/c23-19(22-8-6-15-11-20-12-16(15)7-9-22)17-13-21-18(24-17)10-14-4-2-1-3-5-14;;/h1-5,13,15-16,20H,6-12H2;2*1H/t15-,16+;;. The lowest BCUT2D eigenvalue weighted by molar-refractivity contribution is 0.0763. The Morgan fingerprint density at radius 2 is 1.77 bits per heavy atom. The fourth-order valence-electron chi connectivity index (χ4n) is 3.84. The number of carbonyl (C=O) groups excluding carboxylic acids is 1. The second kappa shape index (κ2) is 9.70. The molecule has 0 spiro atoms. The Hall–Kier alpha value is -1.14. The molecule has 0 radical (unpaired) electrons. The number of rotatable bonds is 3. The van der Waals surface area contributed by atoms with E-state index in [9.17, 15) is 4.79 Å². The number of likely N-dealkylation sites (tertiary alicyclic amines) is 1. The van der Waals surface area contributed by atoms with Crippen LogP contribution in [0.2, 0.25) is 0 Å². The van der Waals surface area contributed by atoms with Gasteiger partial charge in [0, 0.05) is 19.5 Å². The summed E-state index contributed by atoms with van der Waals surface area (Å²) in [7, 11) is 0. The molecule has 26 heavy (non-hydrogen) atoms. The molecule has 1 aromatic heterocycles. The van der Waals surface area contributed by atoms with Gasteiger partial charge < -0.3 is 10.2 Å². The van der Waals surface area contributed by atoms with E-state index in [1.165, 1.54) is 5.56 Å². The first kappa shape index (κ1) is 21.2. The largest absolute Gasteiger partial charge is 0.338 e. The van der Waals surface area contributed by atoms with Gasteiger partial charge >= 0.3 is 0 Å². The molecule has 4 nitrogen and oxygen atoms in total. The van der Waals surface area contributed by atoms with Crippen LogP contribution in [0.3, 0.4) is 0 Å². The number of nitrogens with zero attached hydrogens (tertiary/aromatic N) is 2. The highest BCUT2D eigenvalue weighted by atomic mass is 35.5. The summed E-state index contributed by atoms with van der Waals surface area (Å²) in [6, 6.07) is 10.3. The number of thiazole rings is 1. The van der Waals surface area contributed by atoms with E-state index in [-0.39, 0.29) is 30.7 Å². The summed E-state index contributed by atoms with van der Waals surface area (Å²) in [6.45, 7) is 4.00. The van der Waals surface area contributed by atoms with Crippen LogP contribution < -0.4 is 5.32 Å². The van der Waals surface area contributed by atoms with E-state index in [1.54, 1.807) is 17.5 Å². The van der Waals surface area contributed by atoms with Crippen molar-refractivity contribution in [1.82, 2.24) is 15.2 Å². The molecule has 0 bridgehead atoms. The predicted octanol–water partition coefficient (Wildman–Crippen LogP) is 3.65. The van der Waals surface area contributed by atoms with Crippen molar-refractivity contribution < 1.29 is 4.79 Å². The first-order chi connectivity index (χ1) is 11.8. The van der Waals surface area contributed by atoms with Gasteiger partial charge in [0.25, 0.3) is 5.91 Å². The highest BCUT2D eigenvalue weighted by Crippen LogP contribution is 2.28. The number of carbonyl (C=O) groups is 1. The lowest BCUT2D eigenvalue weighted by Gasteiger charge is -2.19. The molecule has 0 unspecified atom stereocenters. The van der Waals surface area contributed by atoms with Gasteiger partial charge in [0.2, 0.25) is 0 Å². The van der Waals surface area contributed by atoms with Crippen LogP contribution in [0.25, 0.3) is 0 Å². The van der Waals surface area contributed by atoms with E-state index < -0.39 is 0 Å². The van der Waals surface area contributed by atoms with Crippen molar-refractivity contribution in [2.24, 2.45) is 11.8 Å². The second-order valence-electron chi connectivity index (χ2n) is 6.83. The Morgan fingerprint density at radius 3 is 2.42 bits per heavy atom. The van der Waals surface area contributed by atoms with Crippen molar-refractivity contribution in [3.05, 3.63) is 52.0 Å². The molecule has 1 amide bonds. The molecule has 2 saturated heterocycles. The summed E-state index contributed by atoms with van der Waals surface area (Å²) in [4.78, 5) is 20.1. The Labute approximate surface area is 171 Å². The highest BCUT2D eigenvalue weighted by molar-refractivity contribution is 7.13. The molecule has 3 heterocycles. The van der Waals surface area contributed by atoms with Gasteiger partial charge in [-0.2, -0.15) is 0 Å². The average Bonchev–Trinajstić information content (AvgIpc) is 3.21. The third kappa shape index (κ3) is 4.77. The van der Waals surface area contributed by atoms with Crippen LogP contribution in [-0.4, -0.2) is 42.0 Å². The molecular formula is C19H25Cl2N3OS. The summed E-state index contributed by atoms with van der Waals surface area (Å²) in [6.07, 6.45) is 4.81. The number of aromatic nitrogens is 1. The Morgan fingerprint density at radius 1 is 1.12 bits per heavy atom. The van der Waals surface area contributed by atoms with Gasteiger partial charge in [-0.05, 0) is 43.3 Å². The molecule has 2 fully saturated rings. The SMILES string of the molecule is Cl.Cl.O=C(c1cnc(Cc2ccccc2)s1)N1CC[C@@H]2CNC[C@@H]2CC1. The second-order valence-corrected chi connectivity index (χ2v) is 7.94. The van der Waals surface area contributed by atoms with Gasteiger partial charge in [-0.3, -0.25) is 4.79 Å². The van der Waals surface area contributed by atoms with Crippen LogP contribution in [0.1, 0.15) is 33.1 Å². The molecule has 7 heteroatoms. The van der Waals surface area contributed by atoms with Crippen LogP contribution in [0.15, 0.2) is 36.5 Å². The lowest BCUT2D eigenvalue weighted by Crippen LogP contribution is -2.32. The van der Waals surface area contributed by atoms with Crippen LogP contribution >= 0.6 is 36.2 Å². The zero-order valence-electron chi connectivity index (χ0n) is 14.6. The van der Waals surface area contributed by atoms with Gasteiger partial charge in [-0.1, -0.05) is 30.3 Å². The summed E-state index contributed by atoms with van der Waals surface area (Å²) < 4.78 is 0. The maximum absolute atomic E-state index is 12.8. The third-order valence-electron chi connectivity index (χ3n) is 5.27. The van der Waals surface area contributed by atoms with E-state index in [4.69, 9.17) is 0 Å². The van der Waals surface area contributed by atoms with Gasteiger partial charge in [0.1, 0.15) is 4.88 Å². The monoisotopic (exact) mass is 413 g/mol. The maximum Gasteiger partial charge on any atom is 0.265 e. The quantitative estimate of drug-likeness (QED) is 0.834. The molecule has 142 valence electrons. The lowest BCUT2D eigenvalue weighted by atomic mass is 9.92. The summed E-state index contributed by atoms with van der Waals surface area (Å²) in [5.41, 5.74) is 1.24. The summed E-state index contributed by atoms with van der Waals surface area (Å²) in [5.74, 6) is 1.66. The number of halogens is 2. The fourth-order valence-corrected chi connectivity index (χ4v) is 4.76. The molecule has 1 N–H and O–H groups in total. The number of hydrogen-bond acceptors (Lipinski definition) is 4. The molecule has 2 aliphatic heterocycles. The third-order valence-corrected chi connectivity index (χ3v) is 6.25. The number of nitrogens with one attached hydrogen (secondary N) is 1. The fraction of sp³-hybridized carbons (Fsp3) is 0.474. The normalized spacial score (nSPS) is 21.9. The van der Waals surface area contributed by atoms with E-state index in [0.717, 1.165) is 67.2 Å². The van der Waals surface area contributed by atoms with Gasteiger partial charge in [-0.15, -0.1) is 36.2 Å². The van der Waals surface area contributed by atoms with E-state index >= 15 is 0 Å². The molecule has 2 aliphatic rings. The van der Waals surface area contributed by atoms with E-state index in [1.807, 2.05) is 23.1 Å². The zero-order valence-corrected chi connectivity index (χ0v) is 17.0. The number of fused-ring (bicyclic) bond motifs is 1. The van der Waals surface area contributed by atoms with Crippen molar-refractivity contribution in [2.45, 2.75) is 19.3 Å². The summed E-state index contributed by atoms with van der Waals surface area (Å²) >= 11 is 1.54. The van der Waals surface area contributed by atoms with Crippen LogP contribution in [0.4, 0.5) is 0 Å². The highest BCUT2D eigenvalue weighted by Gasteiger charge is 2.32. The van der Waals surface area contributed by atoms with Crippen molar-refractivity contribution in [3.8, 4) is 0 Å². The zero-order chi connectivity index (χ0) is 16.4. The molecule has 0 saturated carbocycles. The van der Waals surface area contributed by atoms with Crippen molar-refractivity contribution >= 4 is 42.1 Å². The van der Waals surface area contributed by atoms with Crippen LogP contribution in [0, 0.1) is 11.8 Å². The molecule has 4 rings (SSSR count). The minimum absolute atomic E-state index is 0. The topological polar surface area (TPSA) is 45.2 Å². The van der Waals surface area contributed by atoms with Crippen molar-refractivity contribution in [1.29, 1.82) is 0 Å². The number of benzene rings is 1. The molecule has 0 aliphatic carbocycles. The van der Waals surface area contributed by atoms with E-state index in [0.29, 0.717) is 0 Å². The van der Waals surface area contributed by atoms with Gasteiger partial charge in [-0.25, -0.2) is 4.98 Å². The summed E-state index contributed by atoms with van der Waals surface area (Å²) in [5, 5.41) is 4.50. The molecule has 2 atom stereocenters. The predicted molar refractivity (Wildman–Crippen MR) is 111 cm³/mol. The number of amides is 1. The molecule has 2 aromatic rings. The Bertz CT molecular complexity index is 696. The number of hydrogen-bond donors (Lipinski definition) is 1. The first-order valence-electron chi connectivity index (χ1n) is 8.78. The first-order valence-corrected chi connectivity index (χ1v) is 9.60. The minimum Gasteiger partial charge on any atom is -0.338 e. The van der Waals surface area contributed by atoms with Crippen molar-refractivity contribution in [2.75, 3.05) is 26.2 Å². The Balaban J connectivity index is 0.00000121. The van der Waals surface area contributed by atoms with Crippen LogP contribution in [-0.2, 0) is 6.42 Å². The van der Waals surface area contributed by atoms with Crippen molar-refractivity contribution in [3.63, 3.8) is 0 Å². The van der Waals surface area contributed by atoms with Gasteiger partial charge in [0.05, 0.1) is 11.2 Å². The molecular weight excluding hydrogens is 389 g/mol. The van der Waals surface area contributed by atoms with Gasteiger partial charge in [0.15, 0.2) is 0 Å².